The molecule has 0 spiro atoms. The minimum atomic E-state index is -0.854. The van der Waals surface area contributed by atoms with E-state index in [1.807, 2.05) is 31.3 Å². The Morgan fingerprint density at radius 3 is 2.68 bits per heavy atom. The third-order valence-corrected chi connectivity index (χ3v) is 4.27. The summed E-state index contributed by atoms with van der Waals surface area (Å²) in [6, 6.07) is 12.2. The van der Waals surface area contributed by atoms with Crippen LogP contribution in [-0.4, -0.2) is 10.1 Å². The van der Waals surface area contributed by atoms with Crippen LogP contribution in [0.5, 0.6) is 0 Å². The molecule has 3 rings (SSSR count). The second-order valence-corrected chi connectivity index (χ2v) is 5.65. The minimum Gasteiger partial charge on any atom is -0.385 e. The summed E-state index contributed by atoms with van der Waals surface area (Å²) in [5.41, 5.74) is 3.67. The minimum absolute atomic E-state index is 0.0893. The highest BCUT2D eigenvalue weighted by Crippen LogP contribution is 2.44. The summed E-state index contributed by atoms with van der Waals surface area (Å²) in [6.07, 6.45) is 3.80. The zero-order valence-corrected chi connectivity index (χ0v) is 11.4. The van der Waals surface area contributed by atoms with E-state index in [-0.39, 0.29) is 5.92 Å². The standard InChI is InChI=1S/C17H19NO/c1-12-5-8-14(9-6-12)17(2,19)15-10-7-13-4-3-11-18-16(13)15/h3-6,8-9,11,15,19H,7,10H2,1-2H3. The van der Waals surface area contributed by atoms with Crippen LogP contribution in [0, 0.1) is 6.92 Å². The Balaban J connectivity index is 2.00. The maximum Gasteiger partial charge on any atom is 0.0952 e. The Hall–Kier alpha value is -1.67. The molecule has 1 heterocycles. The number of hydrogen-bond donors (Lipinski definition) is 1. The quantitative estimate of drug-likeness (QED) is 0.890. The first-order chi connectivity index (χ1) is 9.09. The molecular formula is C17H19NO. The van der Waals surface area contributed by atoms with Gasteiger partial charge in [0.15, 0.2) is 0 Å². The molecule has 1 aliphatic rings. The molecule has 2 heteroatoms. The molecule has 2 unspecified atom stereocenters. The van der Waals surface area contributed by atoms with Gasteiger partial charge in [-0.25, -0.2) is 0 Å². The first kappa shape index (κ1) is 12.4. The number of benzene rings is 1. The molecular weight excluding hydrogens is 234 g/mol. The fourth-order valence-electron chi connectivity index (χ4n) is 3.05. The molecule has 2 atom stereocenters. The number of fused-ring (bicyclic) bond motifs is 1. The molecule has 0 bridgehead atoms. The summed E-state index contributed by atoms with van der Waals surface area (Å²) in [5, 5.41) is 11.0. The van der Waals surface area contributed by atoms with Gasteiger partial charge in [0.05, 0.1) is 5.60 Å². The number of rotatable bonds is 2. The van der Waals surface area contributed by atoms with E-state index in [2.05, 4.69) is 30.1 Å². The van der Waals surface area contributed by atoms with Crippen molar-refractivity contribution < 1.29 is 5.11 Å². The first-order valence-electron chi connectivity index (χ1n) is 6.82. The molecule has 0 radical (unpaired) electrons. The van der Waals surface area contributed by atoms with Crippen molar-refractivity contribution in [1.82, 2.24) is 4.98 Å². The fraction of sp³-hybridized carbons (Fsp3) is 0.353. The SMILES string of the molecule is Cc1ccc(C(C)(O)C2CCc3cccnc32)cc1. The molecule has 1 aliphatic carbocycles. The van der Waals surface area contributed by atoms with Crippen molar-refractivity contribution >= 4 is 0 Å². The third-order valence-electron chi connectivity index (χ3n) is 4.27. The van der Waals surface area contributed by atoms with Gasteiger partial charge in [0.2, 0.25) is 0 Å². The van der Waals surface area contributed by atoms with Gasteiger partial charge < -0.3 is 5.11 Å². The Labute approximate surface area is 114 Å². The highest BCUT2D eigenvalue weighted by atomic mass is 16.3. The smallest absolute Gasteiger partial charge is 0.0952 e. The fourth-order valence-corrected chi connectivity index (χ4v) is 3.05. The average Bonchev–Trinajstić information content (AvgIpc) is 2.83. The molecule has 0 saturated carbocycles. The number of nitrogens with zero attached hydrogens (tertiary/aromatic N) is 1. The van der Waals surface area contributed by atoms with E-state index in [9.17, 15) is 5.11 Å². The van der Waals surface area contributed by atoms with Gasteiger partial charge in [0, 0.05) is 17.8 Å². The number of hydrogen-bond acceptors (Lipinski definition) is 2. The average molecular weight is 253 g/mol. The molecule has 2 nitrogen and oxygen atoms in total. The summed E-state index contributed by atoms with van der Waals surface area (Å²) < 4.78 is 0. The lowest BCUT2D eigenvalue weighted by Crippen LogP contribution is -2.29. The molecule has 98 valence electrons. The Morgan fingerprint density at radius 1 is 1.21 bits per heavy atom. The maximum absolute atomic E-state index is 11.0. The largest absolute Gasteiger partial charge is 0.385 e. The lowest BCUT2D eigenvalue weighted by Gasteiger charge is -2.31. The lowest BCUT2D eigenvalue weighted by molar-refractivity contribution is 0.0256. The zero-order valence-electron chi connectivity index (χ0n) is 11.4. The van der Waals surface area contributed by atoms with Crippen molar-refractivity contribution in [3.8, 4) is 0 Å². The summed E-state index contributed by atoms with van der Waals surface area (Å²) in [7, 11) is 0. The van der Waals surface area contributed by atoms with Crippen LogP contribution in [0.25, 0.3) is 0 Å². The summed E-state index contributed by atoms with van der Waals surface area (Å²) in [6.45, 7) is 3.97. The van der Waals surface area contributed by atoms with Crippen LogP contribution in [0.1, 0.15) is 41.6 Å². The molecule has 1 aromatic heterocycles. The molecule has 1 N–H and O–H groups in total. The molecule has 0 saturated heterocycles. The van der Waals surface area contributed by atoms with Gasteiger partial charge in [-0.3, -0.25) is 4.98 Å². The highest BCUT2D eigenvalue weighted by molar-refractivity contribution is 5.36. The van der Waals surface area contributed by atoms with Crippen LogP contribution >= 0.6 is 0 Å². The van der Waals surface area contributed by atoms with E-state index in [0.29, 0.717) is 0 Å². The topological polar surface area (TPSA) is 33.1 Å². The monoisotopic (exact) mass is 253 g/mol. The highest BCUT2D eigenvalue weighted by Gasteiger charge is 2.39. The van der Waals surface area contributed by atoms with Gasteiger partial charge in [-0.15, -0.1) is 0 Å². The number of pyridine rings is 1. The van der Waals surface area contributed by atoms with Gasteiger partial charge in [-0.1, -0.05) is 35.9 Å². The van der Waals surface area contributed by atoms with E-state index in [4.69, 9.17) is 0 Å². The zero-order chi connectivity index (χ0) is 13.5. The van der Waals surface area contributed by atoms with E-state index in [1.165, 1.54) is 11.1 Å². The van der Waals surface area contributed by atoms with Crippen LogP contribution in [0.2, 0.25) is 0 Å². The second kappa shape index (κ2) is 4.46. The summed E-state index contributed by atoms with van der Waals surface area (Å²) in [5.74, 6) is 0.0893. The predicted octanol–water partition coefficient (Wildman–Crippen LogP) is 3.33. The second-order valence-electron chi connectivity index (χ2n) is 5.65. The van der Waals surface area contributed by atoms with Crippen molar-refractivity contribution in [3.63, 3.8) is 0 Å². The number of aryl methyl sites for hydroxylation is 2. The Bertz CT molecular complexity index is 586. The molecule has 1 aromatic carbocycles. The van der Waals surface area contributed by atoms with Crippen LogP contribution in [-0.2, 0) is 12.0 Å². The summed E-state index contributed by atoms with van der Waals surface area (Å²) in [4.78, 5) is 4.49. The van der Waals surface area contributed by atoms with E-state index >= 15 is 0 Å². The number of aromatic nitrogens is 1. The van der Waals surface area contributed by atoms with Gasteiger partial charge in [-0.05, 0) is 43.9 Å². The van der Waals surface area contributed by atoms with Gasteiger partial charge in [-0.2, -0.15) is 0 Å². The predicted molar refractivity (Wildman–Crippen MR) is 76.0 cm³/mol. The van der Waals surface area contributed by atoms with Crippen molar-refractivity contribution in [2.45, 2.75) is 38.2 Å². The van der Waals surface area contributed by atoms with Crippen molar-refractivity contribution in [2.24, 2.45) is 0 Å². The van der Waals surface area contributed by atoms with Crippen molar-refractivity contribution in [1.29, 1.82) is 0 Å². The van der Waals surface area contributed by atoms with Crippen molar-refractivity contribution in [3.05, 3.63) is 65.0 Å². The van der Waals surface area contributed by atoms with Gasteiger partial charge in [0.25, 0.3) is 0 Å². The molecule has 0 amide bonds. The lowest BCUT2D eigenvalue weighted by atomic mass is 9.81. The Morgan fingerprint density at radius 2 is 1.95 bits per heavy atom. The third kappa shape index (κ3) is 2.06. The van der Waals surface area contributed by atoms with Crippen molar-refractivity contribution in [2.75, 3.05) is 0 Å². The normalized spacial score (nSPS) is 20.9. The maximum atomic E-state index is 11.0. The first-order valence-corrected chi connectivity index (χ1v) is 6.82. The van der Waals surface area contributed by atoms with Crippen LogP contribution < -0.4 is 0 Å². The van der Waals surface area contributed by atoms with Gasteiger partial charge >= 0.3 is 0 Å². The molecule has 2 aromatic rings. The van der Waals surface area contributed by atoms with Crippen LogP contribution in [0.3, 0.4) is 0 Å². The Kier molecular flexibility index (Phi) is 2.90. The molecule has 19 heavy (non-hydrogen) atoms. The summed E-state index contributed by atoms with van der Waals surface area (Å²) >= 11 is 0. The van der Waals surface area contributed by atoms with E-state index < -0.39 is 5.60 Å². The molecule has 0 fully saturated rings. The van der Waals surface area contributed by atoms with E-state index in [0.717, 1.165) is 24.1 Å². The van der Waals surface area contributed by atoms with Crippen LogP contribution in [0.4, 0.5) is 0 Å². The number of aliphatic hydroxyl groups is 1. The van der Waals surface area contributed by atoms with Crippen LogP contribution in [0.15, 0.2) is 42.6 Å². The van der Waals surface area contributed by atoms with Gasteiger partial charge in [0.1, 0.15) is 0 Å². The van der Waals surface area contributed by atoms with E-state index in [1.54, 1.807) is 0 Å². The molecule has 0 aliphatic heterocycles.